The fraction of sp³-hybridized carbons (Fsp3) is 0.100. The first-order valence-corrected chi connectivity index (χ1v) is 9.36. The van der Waals surface area contributed by atoms with E-state index in [0.29, 0.717) is 5.01 Å². The zero-order valence-electron chi connectivity index (χ0n) is 15.9. The van der Waals surface area contributed by atoms with Gasteiger partial charge in [0.15, 0.2) is 5.01 Å². The minimum atomic E-state index is -1.93. The second-order valence-corrected chi connectivity index (χ2v) is 6.98. The molecule has 0 saturated heterocycles. The summed E-state index contributed by atoms with van der Waals surface area (Å²) in [4.78, 5) is 13.2. The number of benzene rings is 2. The van der Waals surface area contributed by atoms with Crippen molar-refractivity contribution in [2.24, 2.45) is 0 Å². The number of nitrogens with zero attached hydrogens (tertiary/aromatic N) is 2. The molecule has 0 bridgehead atoms. The van der Waals surface area contributed by atoms with Crippen molar-refractivity contribution in [3.05, 3.63) is 69.3 Å². The van der Waals surface area contributed by atoms with Gasteiger partial charge in [-0.3, -0.25) is 0 Å². The van der Waals surface area contributed by atoms with Gasteiger partial charge in [0.25, 0.3) is 0 Å². The van der Waals surface area contributed by atoms with Crippen LogP contribution in [0.2, 0.25) is 0 Å². The van der Waals surface area contributed by atoms with Gasteiger partial charge in [-0.15, -0.1) is 21.8 Å². The Labute approximate surface area is 174 Å². The molecular formula is C20H17FN3O5S+. The normalized spacial score (nSPS) is 10.8. The van der Waals surface area contributed by atoms with Crippen molar-refractivity contribution in [3.8, 4) is 17.6 Å². The number of aryl methyl sites for hydroxylation is 1. The molecule has 0 unspecified atom stereocenters. The van der Waals surface area contributed by atoms with Gasteiger partial charge in [-0.2, -0.15) is 10.4 Å². The lowest BCUT2D eigenvalue weighted by Gasteiger charge is -2.20. The largest absolute Gasteiger partial charge is 0.494 e. The zero-order valence-corrected chi connectivity index (χ0v) is 16.7. The van der Waals surface area contributed by atoms with Crippen LogP contribution in [0.3, 0.4) is 0 Å². The van der Waals surface area contributed by atoms with E-state index in [2.05, 4.69) is 22.3 Å². The van der Waals surface area contributed by atoms with Crippen LogP contribution in [-0.2, 0) is 0 Å². The molecule has 154 valence electrons. The summed E-state index contributed by atoms with van der Waals surface area (Å²) in [5.74, 6) is 2.94. The number of carboxylic acid groups (broad SMARTS) is 1. The Bertz CT molecular complexity index is 1170. The minimum Gasteiger partial charge on any atom is -0.494 e. The van der Waals surface area contributed by atoms with Gasteiger partial charge in [-0.25, -0.2) is 9.18 Å². The number of quaternary nitrogens is 1. The van der Waals surface area contributed by atoms with Crippen LogP contribution in [0.25, 0.3) is 0 Å². The number of ether oxygens (including phenoxy) is 1. The van der Waals surface area contributed by atoms with Crippen molar-refractivity contribution in [1.29, 1.82) is 0 Å². The summed E-state index contributed by atoms with van der Waals surface area (Å²) in [6.07, 6.45) is 0. The number of aromatic nitrogens is 1. The monoisotopic (exact) mass is 430 g/mol. The molecule has 3 aromatic rings. The third-order valence-electron chi connectivity index (χ3n) is 4.06. The molecule has 0 fully saturated rings. The second kappa shape index (κ2) is 8.48. The highest BCUT2D eigenvalue weighted by atomic mass is 32.1. The zero-order chi connectivity index (χ0) is 21.9. The molecule has 30 heavy (non-hydrogen) atoms. The molecule has 0 aliphatic heterocycles. The molecule has 0 aliphatic carbocycles. The molecule has 0 aliphatic rings. The second-order valence-electron chi connectivity index (χ2n) is 6.13. The first-order valence-electron chi connectivity index (χ1n) is 8.48. The number of halogens is 1. The van der Waals surface area contributed by atoms with E-state index in [4.69, 9.17) is 9.84 Å². The average molecular weight is 430 g/mol. The lowest BCUT2D eigenvalue weighted by atomic mass is 10.1. The van der Waals surface area contributed by atoms with Crippen molar-refractivity contribution in [1.82, 2.24) is 9.90 Å². The molecule has 1 aromatic heterocycles. The van der Waals surface area contributed by atoms with Crippen molar-refractivity contribution >= 4 is 28.8 Å². The summed E-state index contributed by atoms with van der Waals surface area (Å²) in [7, 11) is 1.23. The number of methoxy groups -OCH3 is 1. The maximum atomic E-state index is 14.0. The van der Waals surface area contributed by atoms with Gasteiger partial charge >= 0.3 is 11.8 Å². The Morgan fingerprint density at radius 3 is 2.67 bits per heavy atom. The van der Waals surface area contributed by atoms with Gasteiger partial charge in [-0.1, -0.05) is 24.1 Å². The van der Waals surface area contributed by atoms with Crippen LogP contribution in [0, 0.1) is 24.6 Å². The van der Waals surface area contributed by atoms with Gasteiger partial charge in [-0.05, 0) is 30.5 Å². The lowest BCUT2D eigenvalue weighted by molar-refractivity contribution is -0.274. The van der Waals surface area contributed by atoms with Gasteiger partial charge < -0.3 is 9.84 Å². The highest BCUT2D eigenvalue weighted by molar-refractivity contribution is 7.10. The average Bonchev–Trinajstić information content (AvgIpc) is 3.17. The number of hydrogen-bond donors (Lipinski definition) is 4. The van der Waals surface area contributed by atoms with Crippen molar-refractivity contribution in [2.45, 2.75) is 6.92 Å². The van der Waals surface area contributed by atoms with E-state index >= 15 is 0 Å². The molecule has 4 N–H and O–H groups in total. The summed E-state index contributed by atoms with van der Waals surface area (Å²) in [6.45, 7) is 1.92. The molecule has 1 heterocycles. The SMILES string of the molecule is COc1cc(C(=O)O)c(F)cc1N[N+](O)(O)c1csc(C#Cc2ccccc2C)n1. The van der Waals surface area contributed by atoms with Crippen LogP contribution in [0.15, 0.2) is 41.8 Å². The first-order chi connectivity index (χ1) is 14.2. The van der Waals surface area contributed by atoms with Crippen molar-refractivity contribution in [2.75, 3.05) is 12.5 Å². The van der Waals surface area contributed by atoms with Crippen LogP contribution < -0.4 is 15.1 Å². The van der Waals surface area contributed by atoms with Gasteiger partial charge in [0.1, 0.15) is 22.2 Å². The van der Waals surface area contributed by atoms with E-state index < -0.39 is 22.3 Å². The summed E-state index contributed by atoms with van der Waals surface area (Å²) in [5, 5.41) is 31.4. The quantitative estimate of drug-likeness (QED) is 0.277. The molecule has 3 rings (SSSR count). The Balaban J connectivity index is 1.86. The highest BCUT2D eigenvalue weighted by Crippen LogP contribution is 2.31. The Hall–Kier alpha value is -3.49. The topological polar surface area (TPSA) is 112 Å². The van der Waals surface area contributed by atoms with Crippen molar-refractivity contribution < 1.29 is 29.4 Å². The maximum absolute atomic E-state index is 14.0. The third kappa shape index (κ3) is 4.56. The molecule has 0 spiro atoms. The summed E-state index contributed by atoms with van der Waals surface area (Å²) >= 11 is 1.09. The predicted molar refractivity (Wildman–Crippen MR) is 108 cm³/mol. The van der Waals surface area contributed by atoms with E-state index in [1.807, 2.05) is 31.2 Å². The number of thiazole rings is 1. The molecule has 0 amide bonds. The first kappa shape index (κ1) is 21.2. The number of carboxylic acids is 1. The van der Waals surface area contributed by atoms with E-state index in [0.717, 1.165) is 34.6 Å². The van der Waals surface area contributed by atoms with E-state index in [1.54, 1.807) is 0 Å². The van der Waals surface area contributed by atoms with Crippen LogP contribution in [0.1, 0.15) is 26.5 Å². The Kier molecular flexibility index (Phi) is 6.00. The number of rotatable bonds is 5. The van der Waals surface area contributed by atoms with Gasteiger partial charge in [0.05, 0.1) is 18.1 Å². The standard InChI is InChI=1S/C20H16FN3O5S/c1-12-5-3-4-6-13(12)7-8-19-22-18(11-30-19)24(27,28)23-16-10-15(21)14(20(25)26)9-17(16)29-2/h3-6,9-11,23,27-28H,1-2H3/p+1. The van der Waals surface area contributed by atoms with E-state index in [-0.39, 0.29) is 17.3 Å². The van der Waals surface area contributed by atoms with Gasteiger partial charge in [0.2, 0.25) is 0 Å². The van der Waals surface area contributed by atoms with Crippen LogP contribution in [-0.4, -0.2) is 33.6 Å². The van der Waals surface area contributed by atoms with Crippen LogP contribution >= 0.6 is 11.3 Å². The third-order valence-corrected chi connectivity index (χ3v) is 4.80. The van der Waals surface area contributed by atoms with Crippen molar-refractivity contribution in [3.63, 3.8) is 0 Å². The van der Waals surface area contributed by atoms with E-state index in [1.165, 1.54) is 12.5 Å². The number of carbonyl (C=O) groups is 1. The number of nitrogens with one attached hydrogen (secondary N) is 1. The number of hydrogen-bond acceptors (Lipinski definition) is 7. The summed E-state index contributed by atoms with van der Waals surface area (Å²) < 4.78 is 19.0. The van der Waals surface area contributed by atoms with Crippen LogP contribution in [0.4, 0.5) is 15.9 Å². The molecule has 10 heteroatoms. The Morgan fingerprint density at radius 1 is 1.27 bits per heavy atom. The summed E-state index contributed by atoms with van der Waals surface area (Å²) in [6, 6.07) is 9.26. The molecule has 0 radical (unpaired) electrons. The van der Waals surface area contributed by atoms with Crippen LogP contribution in [0.5, 0.6) is 5.75 Å². The molecule has 0 saturated carbocycles. The summed E-state index contributed by atoms with van der Waals surface area (Å²) in [5.41, 5.74) is 3.25. The number of anilines is 1. The predicted octanol–water partition coefficient (Wildman–Crippen LogP) is 3.81. The van der Waals surface area contributed by atoms with Gasteiger partial charge in [0, 0.05) is 11.6 Å². The lowest BCUT2D eigenvalue weighted by Crippen LogP contribution is -2.48. The molecule has 8 nitrogen and oxygen atoms in total. The molecule has 0 atom stereocenters. The maximum Gasteiger partial charge on any atom is 0.338 e. The smallest absolute Gasteiger partial charge is 0.338 e. The Morgan fingerprint density at radius 2 is 2.00 bits per heavy atom. The molecule has 2 aromatic carbocycles. The minimum absolute atomic E-state index is 0.103. The fourth-order valence-corrected chi connectivity index (χ4v) is 3.17. The van der Waals surface area contributed by atoms with E-state index in [9.17, 15) is 19.6 Å². The fourth-order valence-electron chi connectivity index (χ4n) is 2.50. The number of aromatic carboxylic acids is 1. The highest BCUT2D eigenvalue weighted by Gasteiger charge is 2.33. The molecular weight excluding hydrogens is 413 g/mol.